The monoisotopic (exact) mass is 416 g/mol. The first-order valence-corrected chi connectivity index (χ1v) is 10.4. The Morgan fingerprint density at radius 3 is 2.70 bits per heavy atom. The molecule has 0 unspecified atom stereocenters. The molecule has 30 heavy (non-hydrogen) atoms. The predicted molar refractivity (Wildman–Crippen MR) is 115 cm³/mol. The van der Waals surface area contributed by atoms with Crippen LogP contribution in [-0.2, 0) is 13.0 Å². The van der Waals surface area contributed by atoms with E-state index in [4.69, 9.17) is 4.42 Å². The summed E-state index contributed by atoms with van der Waals surface area (Å²) in [6, 6.07) is 8.28. The molecule has 1 aromatic carbocycles. The van der Waals surface area contributed by atoms with Crippen molar-refractivity contribution in [2.24, 2.45) is 4.99 Å². The van der Waals surface area contributed by atoms with Crippen molar-refractivity contribution in [2.45, 2.75) is 38.8 Å². The Balaban J connectivity index is 1.47. The number of nitrogens with one attached hydrogen (secondary N) is 2. The lowest BCUT2D eigenvalue weighted by atomic mass is 10.0. The number of furan rings is 1. The first-order chi connectivity index (χ1) is 14.5. The number of hydrogen-bond acceptors (Lipinski definition) is 3. The standard InChI is InChI=1S/C23H30F2N4O/c1-17(2)15-27-23(26-10-7-20-4-3-13-30-20)28-19-8-11-29(12-9-19)16-18-5-6-21(24)22(25)14-18/h3-6,13-14,19H,1,7-12,15-16H2,2H3,(H2,26,27,28). The molecule has 5 nitrogen and oxygen atoms in total. The third-order valence-electron chi connectivity index (χ3n) is 5.07. The second-order valence-corrected chi connectivity index (χ2v) is 7.82. The minimum atomic E-state index is -0.803. The van der Waals surface area contributed by atoms with Gasteiger partial charge in [0.05, 0.1) is 12.8 Å². The molecule has 7 heteroatoms. The number of benzene rings is 1. The van der Waals surface area contributed by atoms with Gasteiger partial charge in [0.2, 0.25) is 0 Å². The molecular weight excluding hydrogens is 386 g/mol. The van der Waals surface area contributed by atoms with Gasteiger partial charge in [0, 0.05) is 38.6 Å². The molecule has 1 aliphatic rings. The van der Waals surface area contributed by atoms with Gasteiger partial charge >= 0.3 is 0 Å². The molecular formula is C23H30F2N4O. The van der Waals surface area contributed by atoms with Gasteiger partial charge in [-0.1, -0.05) is 18.2 Å². The topological polar surface area (TPSA) is 52.8 Å². The molecule has 1 aromatic heterocycles. The summed E-state index contributed by atoms with van der Waals surface area (Å²) in [5.74, 6) is 0.127. The number of halogens is 2. The predicted octanol–water partition coefficient (Wildman–Crippen LogP) is 3.88. The van der Waals surface area contributed by atoms with E-state index in [2.05, 4.69) is 27.1 Å². The first kappa shape index (κ1) is 22.0. The molecule has 0 saturated carbocycles. The van der Waals surface area contributed by atoms with Crippen LogP contribution in [0.3, 0.4) is 0 Å². The van der Waals surface area contributed by atoms with Crippen molar-refractivity contribution in [1.29, 1.82) is 0 Å². The molecule has 2 heterocycles. The van der Waals surface area contributed by atoms with Crippen molar-refractivity contribution in [1.82, 2.24) is 15.5 Å². The lowest BCUT2D eigenvalue weighted by molar-refractivity contribution is 0.198. The summed E-state index contributed by atoms with van der Waals surface area (Å²) in [6.45, 7) is 9.58. The van der Waals surface area contributed by atoms with Crippen LogP contribution >= 0.6 is 0 Å². The van der Waals surface area contributed by atoms with Gasteiger partial charge in [-0.2, -0.15) is 0 Å². The summed E-state index contributed by atoms with van der Waals surface area (Å²) in [5.41, 5.74) is 1.80. The molecule has 1 saturated heterocycles. The molecule has 1 fully saturated rings. The number of likely N-dealkylation sites (tertiary alicyclic amines) is 1. The summed E-state index contributed by atoms with van der Waals surface area (Å²) in [4.78, 5) is 6.88. The summed E-state index contributed by atoms with van der Waals surface area (Å²) in [7, 11) is 0. The number of piperidine rings is 1. The van der Waals surface area contributed by atoms with E-state index in [-0.39, 0.29) is 0 Å². The quantitative estimate of drug-likeness (QED) is 0.390. The van der Waals surface area contributed by atoms with Gasteiger partial charge in [-0.25, -0.2) is 13.8 Å². The van der Waals surface area contributed by atoms with Gasteiger partial charge in [-0.05, 0) is 49.6 Å². The smallest absolute Gasteiger partial charge is 0.191 e. The number of rotatable bonds is 8. The maximum absolute atomic E-state index is 13.4. The molecule has 0 bridgehead atoms. The highest BCUT2D eigenvalue weighted by atomic mass is 19.2. The number of nitrogens with zero attached hydrogens (tertiary/aromatic N) is 2. The summed E-state index contributed by atoms with van der Waals surface area (Å²) < 4.78 is 31.9. The molecule has 0 radical (unpaired) electrons. The third kappa shape index (κ3) is 6.99. The van der Waals surface area contributed by atoms with E-state index in [1.165, 1.54) is 12.1 Å². The van der Waals surface area contributed by atoms with Crippen LogP contribution in [0.1, 0.15) is 31.1 Å². The van der Waals surface area contributed by atoms with Crippen molar-refractivity contribution in [2.75, 3.05) is 26.2 Å². The molecule has 162 valence electrons. The minimum Gasteiger partial charge on any atom is -0.469 e. The Hall–Kier alpha value is -2.67. The second kappa shape index (κ2) is 10.9. The molecule has 2 aromatic rings. The number of hydrogen-bond donors (Lipinski definition) is 2. The van der Waals surface area contributed by atoms with Gasteiger partial charge in [-0.3, -0.25) is 4.90 Å². The van der Waals surface area contributed by atoms with Gasteiger partial charge in [0.1, 0.15) is 5.76 Å². The van der Waals surface area contributed by atoms with E-state index >= 15 is 0 Å². The lowest BCUT2D eigenvalue weighted by Crippen LogP contribution is -2.49. The van der Waals surface area contributed by atoms with Crippen LogP contribution < -0.4 is 10.6 Å². The van der Waals surface area contributed by atoms with Gasteiger partial charge in [-0.15, -0.1) is 0 Å². The Kier molecular flexibility index (Phi) is 8.02. The van der Waals surface area contributed by atoms with E-state index in [1.807, 2.05) is 19.1 Å². The van der Waals surface area contributed by atoms with Crippen molar-refractivity contribution in [3.05, 3.63) is 71.7 Å². The SMILES string of the molecule is C=C(C)CN=C(NCCc1ccco1)NC1CCN(Cc2ccc(F)c(F)c2)CC1. The maximum atomic E-state index is 13.4. The summed E-state index contributed by atoms with van der Waals surface area (Å²) >= 11 is 0. The van der Waals surface area contributed by atoms with E-state index in [9.17, 15) is 8.78 Å². The van der Waals surface area contributed by atoms with Gasteiger partial charge < -0.3 is 15.1 Å². The number of aliphatic imine (C=N–C) groups is 1. The Morgan fingerprint density at radius 1 is 1.23 bits per heavy atom. The molecule has 3 rings (SSSR count). The maximum Gasteiger partial charge on any atom is 0.191 e. The highest BCUT2D eigenvalue weighted by molar-refractivity contribution is 5.80. The third-order valence-corrected chi connectivity index (χ3v) is 5.07. The minimum absolute atomic E-state index is 0.311. The van der Waals surface area contributed by atoms with Crippen molar-refractivity contribution in [3.8, 4) is 0 Å². The average molecular weight is 417 g/mol. The fourth-order valence-corrected chi connectivity index (χ4v) is 3.45. The van der Waals surface area contributed by atoms with Gasteiger partial charge in [0.25, 0.3) is 0 Å². The summed E-state index contributed by atoms with van der Waals surface area (Å²) in [6.07, 6.45) is 4.37. The zero-order valence-corrected chi connectivity index (χ0v) is 17.5. The van der Waals surface area contributed by atoms with E-state index < -0.39 is 11.6 Å². The Labute approximate surface area is 176 Å². The highest BCUT2D eigenvalue weighted by Gasteiger charge is 2.20. The van der Waals surface area contributed by atoms with Crippen molar-refractivity contribution < 1.29 is 13.2 Å². The normalized spacial score (nSPS) is 15.9. The zero-order valence-electron chi connectivity index (χ0n) is 17.5. The van der Waals surface area contributed by atoms with Crippen molar-refractivity contribution >= 4 is 5.96 Å². The van der Waals surface area contributed by atoms with Gasteiger partial charge in [0.15, 0.2) is 17.6 Å². The Morgan fingerprint density at radius 2 is 2.03 bits per heavy atom. The fraction of sp³-hybridized carbons (Fsp3) is 0.435. The van der Waals surface area contributed by atoms with Crippen LogP contribution in [0.15, 0.2) is 58.2 Å². The van der Waals surface area contributed by atoms with E-state index in [0.717, 1.165) is 61.8 Å². The molecule has 0 atom stereocenters. The molecule has 0 amide bonds. The molecule has 1 aliphatic heterocycles. The molecule has 0 aliphatic carbocycles. The number of guanidine groups is 1. The van der Waals surface area contributed by atoms with Crippen LogP contribution in [0.4, 0.5) is 8.78 Å². The van der Waals surface area contributed by atoms with E-state index in [0.29, 0.717) is 19.1 Å². The second-order valence-electron chi connectivity index (χ2n) is 7.82. The van der Waals surface area contributed by atoms with Crippen LogP contribution in [0, 0.1) is 11.6 Å². The first-order valence-electron chi connectivity index (χ1n) is 10.4. The summed E-state index contributed by atoms with van der Waals surface area (Å²) in [5, 5.41) is 6.89. The lowest BCUT2D eigenvalue weighted by Gasteiger charge is -2.33. The van der Waals surface area contributed by atoms with Crippen LogP contribution in [0.2, 0.25) is 0 Å². The van der Waals surface area contributed by atoms with Crippen molar-refractivity contribution in [3.63, 3.8) is 0 Å². The molecule has 0 spiro atoms. The largest absolute Gasteiger partial charge is 0.469 e. The Bertz CT molecular complexity index is 843. The van der Waals surface area contributed by atoms with E-state index in [1.54, 1.807) is 12.3 Å². The van der Waals surface area contributed by atoms with Crippen LogP contribution in [-0.4, -0.2) is 43.1 Å². The van der Waals surface area contributed by atoms with Crippen LogP contribution in [0.5, 0.6) is 0 Å². The fourth-order valence-electron chi connectivity index (χ4n) is 3.45. The van der Waals surface area contributed by atoms with Crippen LogP contribution in [0.25, 0.3) is 0 Å². The highest BCUT2D eigenvalue weighted by Crippen LogP contribution is 2.16. The molecule has 2 N–H and O–H groups in total. The average Bonchev–Trinajstić information content (AvgIpc) is 3.24. The zero-order chi connectivity index (χ0) is 21.3.